The Balaban J connectivity index is 1.33. The Morgan fingerprint density at radius 1 is 0.865 bits per heavy atom. The zero-order valence-corrected chi connectivity index (χ0v) is 20.8. The Bertz CT molecular complexity index is 1580. The van der Waals surface area contributed by atoms with Gasteiger partial charge in [-0.05, 0) is 55.5 Å². The minimum Gasteiger partial charge on any atom is -0.457 e. The molecule has 5 rings (SSSR count). The van der Waals surface area contributed by atoms with E-state index in [0.717, 1.165) is 28.0 Å². The first kappa shape index (κ1) is 23.7. The van der Waals surface area contributed by atoms with Gasteiger partial charge >= 0.3 is 0 Å². The summed E-state index contributed by atoms with van der Waals surface area (Å²) in [5, 5.41) is 7.29. The Kier molecular flexibility index (Phi) is 6.63. The van der Waals surface area contributed by atoms with E-state index in [1.807, 2.05) is 68.4 Å². The molecular formula is C29H26N6O2. The van der Waals surface area contributed by atoms with Crippen LogP contribution in [0, 0.1) is 6.92 Å². The summed E-state index contributed by atoms with van der Waals surface area (Å²) in [6.45, 7) is 1.90. The van der Waals surface area contributed by atoms with E-state index in [9.17, 15) is 4.79 Å². The molecule has 8 nitrogen and oxygen atoms in total. The highest BCUT2D eigenvalue weighted by Gasteiger charge is 2.11. The van der Waals surface area contributed by atoms with Gasteiger partial charge in [0.1, 0.15) is 11.5 Å². The maximum absolute atomic E-state index is 13.0. The fraction of sp³-hybridized carbons (Fsp3) is 0.103. The second kappa shape index (κ2) is 10.3. The largest absolute Gasteiger partial charge is 0.457 e. The predicted octanol–water partition coefficient (Wildman–Crippen LogP) is 6.19. The van der Waals surface area contributed by atoms with Crippen LogP contribution in [0.1, 0.15) is 16.1 Å². The number of aromatic nitrogens is 3. The van der Waals surface area contributed by atoms with Crippen molar-refractivity contribution in [2.75, 3.05) is 29.6 Å². The molecule has 0 bridgehead atoms. The van der Waals surface area contributed by atoms with E-state index >= 15 is 0 Å². The van der Waals surface area contributed by atoms with Crippen LogP contribution in [0.4, 0.5) is 22.7 Å². The van der Waals surface area contributed by atoms with Gasteiger partial charge in [-0.15, -0.1) is 0 Å². The van der Waals surface area contributed by atoms with Gasteiger partial charge in [-0.25, -0.2) is 0 Å². The fourth-order valence-corrected chi connectivity index (χ4v) is 3.87. The molecule has 0 saturated heterocycles. The summed E-state index contributed by atoms with van der Waals surface area (Å²) in [6, 6.07) is 20.7. The molecule has 0 aliphatic carbocycles. The highest BCUT2D eigenvalue weighted by molar-refractivity contribution is 6.05. The van der Waals surface area contributed by atoms with E-state index in [2.05, 4.69) is 31.7 Å². The number of aryl methyl sites for hydroxylation is 1. The number of ether oxygens (including phenoxy) is 1. The summed E-state index contributed by atoms with van der Waals surface area (Å²) in [5.41, 5.74) is 5.42. The monoisotopic (exact) mass is 490 g/mol. The van der Waals surface area contributed by atoms with Crippen molar-refractivity contribution >= 4 is 39.6 Å². The lowest BCUT2D eigenvalue weighted by atomic mass is 10.1. The number of carbonyl (C=O) groups is 1. The van der Waals surface area contributed by atoms with Crippen LogP contribution >= 0.6 is 0 Å². The molecule has 0 spiro atoms. The van der Waals surface area contributed by atoms with Gasteiger partial charge in [0.15, 0.2) is 0 Å². The van der Waals surface area contributed by atoms with Crippen molar-refractivity contribution in [1.29, 1.82) is 0 Å². The smallest absolute Gasteiger partial charge is 0.257 e. The molecule has 5 aromatic rings. The first-order valence-corrected chi connectivity index (χ1v) is 11.7. The molecule has 0 aliphatic rings. The van der Waals surface area contributed by atoms with Gasteiger partial charge in [0.05, 0.1) is 23.0 Å². The fourth-order valence-electron chi connectivity index (χ4n) is 3.87. The molecule has 0 radical (unpaired) electrons. The standard InChI is InChI=1S/C29H26N6O2/c1-19-13-25(9-11-31-19)37-24-6-4-5-21(15-24)34-29(36)20-14-22(18-30-17-20)33-28-10-12-32-27-8-7-23(35(2)3)16-26(27)28/h4-18H,1-3H3,(H,32,33)(H,34,36). The number of pyridine rings is 3. The molecule has 0 atom stereocenters. The van der Waals surface area contributed by atoms with Gasteiger partial charge in [0.25, 0.3) is 5.91 Å². The predicted molar refractivity (Wildman–Crippen MR) is 147 cm³/mol. The van der Waals surface area contributed by atoms with Crippen molar-refractivity contribution in [2.24, 2.45) is 0 Å². The molecule has 8 heteroatoms. The number of hydrogen-bond donors (Lipinski definition) is 2. The molecule has 0 fully saturated rings. The number of hydrogen-bond acceptors (Lipinski definition) is 7. The van der Waals surface area contributed by atoms with Crippen LogP contribution in [0.2, 0.25) is 0 Å². The average Bonchev–Trinajstić information content (AvgIpc) is 2.89. The van der Waals surface area contributed by atoms with Crippen LogP contribution < -0.4 is 20.3 Å². The lowest BCUT2D eigenvalue weighted by Crippen LogP contribution is -2.12. The summed E-state index contributed by atoms with van der Waals surface area (Å²) < 4.78 is 5.91. The van der Waals surface area contributed by atoms with Gasteiger partial charge in [0.2, 0.25) is 0 Å². The number of nitrogens with zero attached hydrogens (tertiary/aromatic N) is 4. The normalized spacial score (nSPS) is 10.7. The second-order valence-corrected chi connectivity index (χ2v) is 8.76. The molecular weight excluding hydrogens is 464 g/mol. The third-order valence-corrected chi connectivity index (χ3v) is 5.72. The quantitative estimate of drug-likeness (QED) is 0.281. The lowest BCUT2D eigenvalue weighted by molar-refractivity contribution is 0.102. The molecule has 3 aromatic heterocycles. The van der Waals surface area contributed by atoms with Crippen LogP contribution in [-0.4, -0.2) is 35.0 Å². The number of rotatable bonds is 7. The molecule has 37 heavy (non-hydrogen) atoms. The summed E-state index contributed by atoms with van der Waals surface area (Å²) in [6.07, 6.45) is 6.67. The Morgan fingerprint density at radius 2 is 1.70 bits per heavy atom. The molecule has 0 saturated carbocycles. The van der Waals surface area contributed by atoms with Crippen molar-refractivity contribution in [3.05, 3.63) is 103 Å². The summed E-state index contributed by atoms with van der Waals surface area (Å²) in [7, 11) is 4.00. The van der Waals surface area contributed by atoms with Crippen molar-refractivity contribution in [2.45, 2.75) is 6.92 Å². The molecule has 2 N–H and O–H groups in total. The Morgan fingerprint density at radius 3 is 2.54 bits per heavy atom. The maximum Gasteiger partial charge on any atom is 0.257 e. The molecule has 0 unspecified atom stereocenters. The third-order valence-electron chi connectivity index (χ3n) is 5.72. The van der Waals surface area contributed by atoms with E-state index < -0.39 is 0 Å². The Hall–Kier alpha value is -4.98. The summed E-state index contributed by atoms with van der Waals surface area (Å²) >= 11 is 0. The van der Waals surface area contributed by atoms with Gasteiger partial charge < -0.3 is 20.3 Å². The Labute approximate surface area is 215 Å². The van der Waals surface area contributed by atoms with Crippen LogP contribution in [0.25, 0.3) is 10.9 Å². The second-order valence-electron chi connectivity index (χ2n) is 8.76. The van der Waals surface area contributed by atoms with E-state index in [1.165, 1.54) is 6.20 Å². The van der Waals surface area contributed by atoms with Crippen molar-refractivity contribution < 1.29 is 9.53 Å². The number of carbonyl (C=O) groups excluding carboxylic acids is 1. The number of amides is 1. The van der Waals surface area contributed by atoms with Crippen molar-refractivity contribution in [3.63, 3.8) is 0 Å². The van der Waals surface area contributed by atoms with E-state index in [-0.39, 0.29) is 5.91 Å². The minimum atomic E-state index is -0.275. The number of nitrogens with one attached hydrogen (secondary N) is 2. The number of fused-ring (bicyclic) bond motifs is 1. The zero-order valence-electron chi connectivity index (χ0n) is 20.8. The van der Waals surface area contributed by atoms with Crippen LogP contribution in [0.5, 0.6) is 11.5 Å². The van der Waals surface area contributed by atoms with Gasteiger partial charge in [-0.3, -0.25) is 19.7 Å². The SMILES string of the molecule is Cc1cc(Oc2cccc(NC(=O)c3cncc(Nc4ccnc5ccc(N(C)C)cc45)c3)c2)ccn1. The van der Waals surface area contributed by atoms with Gasteiger partial charge in [0, 0.05) is 73.0 Å². The summed E-state index contributed by atoms with van der Waals surface area (Å²) in [5.74, 6) is 1.02. The highest BCUT2D eigenvalue weighted by atomic mass is 16.5. The topological polar surface area (TPSA) is 92.3 Å². The van der Waals surface area contributed by atoms with Gasteiger partial charge in [-0.1, -0.05) is 6.07 Å². The molecule has 184 valence electrons. The number of anilines is 4. The average molecular weight is 491 g/mol. The molecule has 0 aliphatic heterocycles. The molecule has 2 aromatic carbocycles. The van der Waals surface area contributed by atoms with E-state index in [1.54, 1.807) is 36.8 Å². The third kappa shape index (κ3) is 5.65. The van der Waals surface area contributed by atoms with Crippen LogP contribution in [-0.2, 0) is 0 Å². The van der Waals surface area contributed by atoms with Crippen molar-refractivity contribution in [1.82, 2.24) is 15.0 Å². The molecule has 3 heterocycles. The number of benzene rings is 2. The van der Waals surface area contributed by atoms with Crippen LogP contribution in [0.3, 0.4) is 0 Å². The summed E-state index contributed by atoms with van der Waals surface area (Å²) in [4.78, 5) is 28.0. The van der Waals surface area contributed by atoms with Gasteiger partial charge in [-0.2, -0.15) is 0 Å². The highest BCUT2D eigenvalue weighted by Crippen LogP contribution is 2.29. The van der Waals surface area contributed by atoms with E-state index in [0.29, 0.717) is 28.4 Å². The maximum atomic E-state index is 13.0. The lowest BCUT2D eigenvalue weighted by Gasteiger charge is -2.15. The molecule has 1 amide bonds. The first-order valence-electron chi connectivity index (χ1n) is 11.7. The van der Waals surface area contributed by atoms with Crippen LogP contribution in [0.15, 0.2) is 91.5 Å². The van der Waals surface area contributed by atoms with E-state index in [4.69, 9.17) is 4.74 Å². The first-order chi connectivity index (χ1) is 17.9. The zero-order chi connectivity index (χ0) is 25.8. The van der Waals surface area contributed by atoms with Crippen molar-refractivity contribution in [3.8, 4) is 11.5 Å². The minimum absolute atomic E-state index is 0.275.